The number of anilines is 1. The molecule has 1 fully saturated rings. The number of hydrogen-bond donors (Lipinski definition) is 1. The Morgan fingerprint density at radius 2 is 2.06 bits per heavy atom. The maximum Gasteiger partial charge on any atom is 0.416 e. The number of benzene rings is 1. The summed E-state index contributed by atoms with van der Waals surface area (Å²) >= 11 is 0. The van der Waals surface area contributed by atoms with Crippen molar-refractivity contribution in [2.45, 2.75) is 45.4 Å². The molecule has 1 saturated heterocycles. The zero-order chi connectivity index (χ0) is 23.2. The number of nitrogens with one attached hydrogen (secondary N) is 1. The SMILES string of the molecule is CC(C)(C)OC(=O)N1CCN2CCCC2NOc2ccc(F)c(c2)-c2cnc3ccc1nn23. The van der Waals surface area contributed by atoms with Crippen LogP contribution < -0.4 is 15.2 Å². The van der Waals surface area contributed by atoms with E-state index in [9.17, 15) is 9.18 Å². The van der Waals surface area contributed by atoms with Gasteiger partial charge in [-0.25, -0.2) is 18.7 Å². The lowest BCUT2D eigenvalue weighted by Gasteiger charge is -2.30. The number of carbonyl (C=O) groups is 1. The zero-order valence-electron chi connectivity index (χ0n) is 18.9. The average molecular weight is 455 g/mol. The first kappa shape index (κ1) is 21.6. The van der Waals surface area contributed by atoms with E-state index >= 15 is 0 Å². The van der Waals surface area contributed by atoms with E-state index in [1.807, 2.05) is 20.8 Å². The van der Waals surface area contributed by atoms with Crippen molar-refractivity contribution < 1.29 is 18.8 Å². The number of carbonyl (C=O) groups excluding carboxylic acids is 1. The van der Waals surface area contributed by atoms with Crippen LogP contribution in [0.3, 0.4) is 0 Å². The summed E-state index contributed by atoms with van der Waals surface area (Å²) in [6.07, 6.45) is 2.95. The highest BCUT2D eigenvalue weighted by atomic mass is 19.1. The Morgan fingerprint density at radius 3 is 2.88 bits per heavy atom. The molecule has 0 spiro atoms. The molecule has 0 aliphatic carbocycles. The lowest BCUT2D eigenvalue weighted by molar-refractivity contribution is 0.0557. The standard InChI is InChI=1S/C23H27FN6O3/c1-23(2,3)32-22(31)29-12-11-28-10-4-5-21(28)27-33-15-6-7-17(24)16(13-15)18-14-25-19-8-9-20(29)26-30(18)19/h6-9,13-14,21,27H,4-5,10-12H2,1-3H3. The predicted molar refractivity (Wildman–Crippen MR) is 120 cm³/mol. The number of aromatic nitrogens is 3. The van der Waals surface area contributed by atoms with Gasteiger partial charge >= 0.3 is 6.09 Å². The second kappa shape index (κ2) is 8.27. The van der Waals surface area contributed by atoms with Crippen LogP contribution in [0.25, 0.3) is 16.9 Å². The second-order valence-electron chi connectivity index (χ2n) is 9.29. The molecule has 0 saturated carbocycles. The largest absolute Gasteiger partial charge is 0.443 e. The van der Waals surface area contributed by atoms with Gasteiger partial charge in [-0.2, -0.15) is 0 Å². The molecule has 1 amide bonds. The molecule has 1 aromatic carbocycles. The van der Waals surface area contributed by atoms with E-state index in [1.165, 1.54) is 15.5 Å². The van der Waals surface area contributed by atoms with Crippen molar-refractivity contribution in [1.29, 1.82) is 0 Å². The van der Waals surface area contributed by atoms with Crippen LogP contribution in [0, 0.1) is 5.82 Å². The molecule has 1 unspecified atom stereocenters. The normalized spacial score (nSPS) is 19.3. The monoisotopic (exact) mass is 454 g/mol. The molecule has 10 heteroatoms. The third kappa shape index (κ3) is 4.36. The van der Waals surface area contributed by atoms with E-state index in [0.29, 0.717) is 41.6 Å². The van der Waals surface area contributed by atoms with Crippen LogP contribution in [-0.4, -0.2) is 57.0 Å². The maximum atomic E-state index is 14.8. The van der Waals surface area contributed by atoms with Gasteiger partial charge in [0.2, 0.25) is 0 Å². The Kier molecular flexibility index (Phi) is 5.41. The lowest BCUT2D eigenvalue weighted by Crippen LogP contribution is -2.47. The molecule has 5 rings (SSSR count). The first-order valence-electron chi connectivity index (χ1n) is 11.1. The number of amides is 1. The van der Waals surface area contributed by atoms with E-state index in [1.54, 1.807) is 30.5 Å². The molecule has 2 aromatic heterocycles. The summed E-state index contributed by atoms with van der Waals surface area (Å²) in [6, 6.07) is 8.06. The predicted octanol–water partition coefficient (Wildman–Crippen LogP) is 3.60. The molecule has 174 valence electrons. The summed E-state index contributed by atoms with van der Waals surface area (Å²) in [5.74, 6) is 0.483. The number of imidazole rings is 1. The molecule has 3 aromatic rings. The van der Waals surface area contributed by atoms with Gasteiger partial charge in [-0.05, 0) is 70.5 Å². The van der Waals surface area contributed by atoms with E-state index in [2.05, 4.69) is 20.5 Å². The van der Waals surface area contributed by atoms with Crippen LogP contribution in [-0.2, 0) is 4.74 Å². The van der Waals surface area contributed by atoms with Crippen LogP contribution in [0.1, 0.15) is 33.6 Å². The second-order valence-corrected chi connectivity index (χ2v) is 9.29. The summed E-state index contributed by atoms with van der Waals surface area (Å²) in [5, 5.41) is 4.65. The van der Waals surface area contributed by atoms with Gasteiger partial charge in [0.15, 0.2) is 11.5 Å². The summed E-state index contributed by atoms with van der Waals surface area (Å²) in [7, 11) is 0. The van der Waals surface area contributed by atoms with E-state index in [4.69, 9.17) is 9.57 Å². The Labute approximate surface area is 191 Å². The molecule has 4 bridgehead atoms. The minimum absolute atomic E-state index is 0.0251. The smallest absolute Gasteiger partial charge is 0.416 e. The van der Waals surface area contributed by atoms with Crippen molar-refractivity contribution in [2.75, 3.05) is 24.5 Å². The summed E-state index contributed by atoms with van der Waals surface area (Å²) in [6.45, 7) is 7.32. The van der Waals surface area contributed by atoms with Crippen molar-refractivity contribution in [1.82, 2.24) is 25.0 Å². The first-order chi connectivity index (χ1) is 15.8. The fraction of sp³-hybridized carbons (Fsp3) is 0.435. The lowest BCUT2D eigenvalue weighted by atomic mass is 10.1. The van der Waals surface area contributed by atoms with Crippen LogP contribution in [0.15, 0.2) is 36.5 Å². The zero-order valence-corrected chi connectivity index (χ0v) is 18.9. The van der Waals surface area contributed by atoms with Gasteiger partial charge in [0.1, 0.15) is 17.2 Å². The Morgan fingerprint density at radius 1 is 1.21 bits per heavy atom. The first-order valence-corrected chi connectivity index (χ1v) is 11.1. The molecule has 1 N–H and O–H groups in total. The van der Waals surface area contributed by atoms with Gasteiger partial charge in [-0.15, -0.1) is 10.6 Å². The van der Waals surface area contributed by atoms with Crippen molar-refractivity contribution in [2.24, 2.45) is 0 Å². The van der Waals surface area contributed by atoms with E-state index in [0.717, 1.165) is 19.4 Å². The van der Waals surface area contributed by atoms with Crippen LogP contribution in [0.4, 0.5) is 15.0 Å². The third-order valence-electron chi connectivity index (χ3n) is 5.74. The maximum absolute atomic E-state index is 14.8. The molecule has 1 atom stereocenters. The number of rotatable bonds is 0. The summed E-state index contributed by atoms with van der Waals surface area (Å²) in [5.41, 5.74) is 3.74. The Bertz CT molecular complexity index is 1190. The minimum atomic E-state index is -0.657. The molecular weight excluding hydrogens is 427 g/mol. The van der Waals surface area contributed by atoms with Crippen molar-refractivity contribution in [3.8, 4) is 17.0 Å². The molecule has 2 aliphatic rings. The molecule has 9 nitrogen and oxygen atoms in total. The third-order valence-corrected chi connectivity index (χ3v) is 5.74. The number of fused-ring (bicyclic) bond motifs is 5. The van der Waals surface area contributed by atoms with Crippen LogP contribution in [0.5, 0.6) is 5.75 Å². The highest BCUT2D eigenvalue weighted by molar-refractivity contribution is 5.86. The van der Waals surface area contributed by atoms with Crippen LogP contribution in [0.2, 0.25) is 0 Å². The van der Waals surface area contributed by atoms with Gasteiger partial charge in [-0.3, -0.25) is 9.80 Å². The van der Waals surface area contributed by atoms with Gasteiger partial charge < -0.3 is 9.57 Å². The molecule has 2 aliphatic heterocycles. The summed E-state index contributed by atoms with van der Waals surface area (Å²) in [4.78, 5) is 27.0. The topological polar surface area (TPSA) is 84.2 Å². The molecule has 4 heterocycles. The van der Waals surface area contributed by atoms with Gasteiger partial charge in [0.25, 0.3) is 0 Å². The summed E-state index contributed by atoms with van der Waals surface area (Å²) < 4.78 is 22.0. The fourth-order valence-corrected chi connectivity index (χ4v) is 4.16. The van der Waals surface area contributed by atoms with E-state index in [-0.39, 0.29) is 6.17 Å². The number of ether oxygens (including phenoxy) is 1. The quantitative estimate of drug-likeness (QED) is 0.556. The number of hydroxylamine groups is 1. The highest BCUT2D eigenvalue weighted by Crippen LogP contribution is 2.29. The van der Waals surface area contributed by atoms with Crippen molar-refractivity contribution in [3.63, 3.8) is 0 Å². The average Bonchev–Trinajstić information content (AvgIpc) is 3.38. The Hall–Kier alpha value is -3.24. The van der Waals surface area contributed by atoms with Crippen molar-refractivity contribution in [3.05, 3.63) is 42.3 Å². The molecule has 33 heavy (non-hydrogen) atoms. The fourth-order valence-electron chi connectivity index (χ4n) is 4.16. The number of nitrogens with zero attached hydrogens (tertiary/aromatic N) is 5. The van der Waals surface area contributed by atoms with Gasteiger partial charge in [0.05, 0.1) is 18.1 Å². The molecular formula is C23H27FN6O3. The molecule has 0 radical (unpaired) electrons. The van der Waals surface area contributed by atoms with Crippen LogP contribution >= 0.6 is 0 Å². The number of halogens is 1. The van der Waals surface area contributed by atoms with Gasteiger partial charge in [-0.1, -0.05) is 0 Å². The van der Waals surface area contributed by atoms with Gasteiger partial charge in [0, 0.05) is 18.7 Å². The minimum Gasteiger partial charge on any atom is -0.443 e. The Balaban J connectivity index is 1.63. The van der Waals surface area contributed by atoms with E-state index < -0.39 is 17.5 Å². The van der Waals surface area contributed by atoms with Crippen molar-refractivity contribution >= 4 is 17.6 Å². The highest BCUT2D eigenvalue weighted by Gasteiger charge is 2.30. The number of hydrogen-bond acceptors (Lipinski definition) is 7.